The van der Waals surface area contributed by atoms with Crippen LogP contribution in [0.2, 0.25) is 0 Å². The van der Waals surface area contributed by atoms with Crippen molar-refractivity contribution in [1.29, 1.82) is 0 Å². The van der Waals surface area contributed by atoms with Crippen LogP contribution in [0.4, 0.5) is 0 Å². The second kappa shape index (κ2) is 8.16. The molecule has 1 N–H and O–H groups in total. The zero-order valence-corrected chi connectivity index (χ0v) is 13.1. The molecule has 0 unspecified atom stereocenters. The van der Waals surface area contributed by atoms with Crippen LogP contribution < -0.4 is 5.32 Å². The van der Waals surface area contributed by atoms with Crippen molar-refractivity contribution in [2.75, 3.05) is 20.1 Å². The van der Waals surface area contributed by atoms with Gasteiger partial charge in [0.05, 0.1) is 0 Å². The van der Waals surface area contributed by atoms with E-state index < -0.39 is 0 Å². The van der Waals surface area contributed by atoms with Gasteiger partial charge in [0.15, 0.2) is 0 Å². The highest BCUT2D eigenvalue weighted by Gasteiger charge is 2.18. The molecule has 0 aliphatic heterocycles. The molecule has 0 aromatic carbocycles. The molecular formula is C16H34N2. The average Bonchev–Trinajstić information content (AvgIpc) is 2.79. The van der Waals surface area contributed by atoms with Crippen LogP contribution in [0.1, 0.15) is 72.1 Å². The Morgan fingerprint density at radius 2 is 1.61 bits per heavy atom. The van der Waals surface area contributed by atoms with E-state index in [0.29, 0.717) is 0 Å². The molecule has 1 fully saturated rings. The fraction of sp³-hybridized carbons (Fsp3) is 1.00. The van der Waals surface area contributed by atoms with E-state index in [9.17, 15) is 0 Å². The highest BCUT2D eigenvalue weighted by Crippen LogP contribution is 2.22. The van der Waals surface area contributed by atoms with Gasteiger partial charge in [-0.15, -0.1) is 0 Å². The minimum absolute atomic E-state index is 0.280. The summed E-state index contributed by atoms with van der Waals surface area (Å²) in [6.45, 7) is 9.19. The number of hydrogen-bond donors (Lipinski definition) is 1. The van der Waals surface area contributed by atoms with Crippen molar-refractivity contribution in [3.63, 3.8) is 0 Å². The molecule has 18 heavy (non-hydrogen) atoms. The lowest BCUT2D eigenvalue weighted by atomic mass is 10.1. The lowest BCUT2D eigenvalue weighted by Crippen LogP contribution is -2.36. The van der Waals surface area contributed by atoms with Gasteiger partial charge in [0.25, 0.3) is 0 Å². The van der Waals surface area contributed by atoms with Crippen LogP contribution in [-0.2, 0) is 0 Å². The SMILES string of the molecule is CN(CCCCCCNC(C)(C)C)C1CCCC1. The van der Waals surface area contributed by atoms with E-state index in [2.05, 4.69) is 38.0 Å². The molecule has 0 radical (unpaired) electrons. The van der Waals surface area contributed by atoms with Crippen LogP contribution in [0.5, 0.6) is 0 Å². The van der Waals surface area contributed by atoms with Gasteiger partial charge in [-0.1, -0.05) is 25.7 Å². The maximum atomic E-state index is 3.56. The quantitative estimate of drug-likeness (QED) is 0.663. The van der Waals surface area contributed by atoms with Crippen LogP contribution in [0.3, 0.4) is 0 Å². The topological polar surface area (TPSA) is 15.3 Å². The summed E-state index contributed by atoms with van der Waals surface area (Å²) in [7, 11) is 2.32. The highest BCUT2D eigenvalue weighted by atomic mass is 15.1. The first-order chi connectivity index (χ1) is 8.49. The second-order valence-electron chi connectivity index (χ2n) is 7.01. The molecule has 1 aliphatic carbocycles. The standard InChI is InChI=1S/C16H34N2/c1-16(2,3)17-13-9-5-6-10-14-18(4)15-11-7-8-12-15/h15,17H,5-14H2,1-4H3. The van der Waals surface area contributed by atoms with E-state index in [4.69, 9.17) is 0 Å². The third-order valence-corrected chi connectivity index (χ3v) is 4.04. The normalized spacial score (nSPS) is 17.8. The Labute approximate surface area is 115 Å². The minimum Gasteiger partial charge on any atom is -0.312 e. The maximum absolute atomic E-state index is 3.56. The molecule has 108 valence electrons. The first-order valence-electron chi connectivity index (χ1n) is 7.94. The van der Waals surface area contributed by atoms with Gasteiger partial charge in [-0.3, -0.25) is 0 Å². The van der Waals surface area contributed by atoms with Gasteiger partial charge in [-0.05, 0) is 66.6 Å². The third-order valence-electron chi connectivity index (χ3n) is 4.04. The average molecular weight is 254 g/mol. The molecule has 0 bridgehead atoms. The van der Waals surface area contributed by atoms with Crippen molar-refractivity contribution in [3.8, 4) is 0 Å². The van der Waals surface area contributed by atoms with E-state index in [1.54, 1.807) is 0 Å². The predicted octanol–water partition coefficient (Wildman–Crippen LogP) is 3.81. The van der Waals surface area contributed by atoms with Crippen molar-refractivity contribution < 1.29 is 0 Å². The van der Waals surface area contributed by atoms with E-state index >= 15 is 0 Å². The Bertz CT molecular complexity index is 202. The number of nitrogens with one attached hydrogen (secondary N) is 1. The molecule has 2 heteroatoms. The van der Waals surface area contributed by atoms with E-state index in [1.807, 2.05) is 0 Å². The van der Waals surface area contributed by atoms with E-state index in [1.165, 1.54) is 64.5 Å². The monoisotopic (exact) mass is 254 g/mol. The summed E-state index contributed by atoms with van der Waals surface area (Å²) in [5, 5.41) is 3.56. The second-order valence-corrected chi connectivity index (χ2v) is 7.01. The van der Waals surface area contributed by atoms with Crippen molar-refractivity contribution in [3.05, 3.63) is 0 Å². The van der Waals surface area contributed by atoms with Crippen LogP contribution in [0.15, 0.2) is 0 Å². The van der Waals surface area contributed by atoms with Gasteiger partial charge < -0.3 is 10.2 Å². The molecule has 0 aromatic heterocycles. The lowest BCUT2D eigenvalue weighted by molar-refractivity contribution is 0.240. The molecule has 1 aliphatic rings. The summed E-state index contributed by atoms with van der Waals surface area (Å²) in [6.07, 6.45) is 11.2. The van der Waals surface area contributed by atoms with Crippen LogP contribution in [-0.4, -0.2) is 36.6 Å². The molecular weight excluding hydrogens is 220 g/mol. The molecule has 1 saturated carbocycles. The smallest absolute Gasteiger partial charge is 0.00965 e. The minimum atomic E-state index is 0.280. The molecule has 0 amide bonds. The van der Waals surface area contributed by atoms with Gasteiger partial charge in [0.2, 0.25) is 0 Å². The molecule has 1 rings (SSSR count). The summed E-state index contributed by atoms with van der Waals surface area (Å²) in [6, 6.07) is 0.896. The molecule has 0 spiro atoms. The summed E-state index contributed by atoms with van der Waals surface area (Å²) in [5.74, 6) is 0. The van der Waals surface area contributed by atoms with Crippen LogP contribution in [0, 0.1) is 0 Å². The Hall–Kier alpha value is -0.0800. The Morgan fingerprint density at radius 1 is 1.00 bits per heavy atom. The van der Waals surface area contributed by atoms with Gasteiger partial charge in [-0.2, -0.15) is 0 Å². The third kappa shape index (κ3) is 7.38. The summed E-state index contributed by atoms with van der Waals surface area (Å²) in [4.78, 5) is 2.60. The number of rotatable bonds is 8. The number of unbranched alkanes of at least 4 members (excludes halogenated alkanes) is 3. The maximum Gasteiger partial charge on any atom is 0.00965 e. The number of nitrogens with zero attached hydrogens (tertiary/aromatic N) is 1. The van der Waals surface area contributed by atoms with Crippen molar-refractivity contribution >= 4 is 0 Å². The van der Waals surface area contributed by atoms with Crippen molar-refractivity contribution in [1.82, 2.24) is 10.2 Å². The molecule has 2 nitrogen and oxygen atoms in total. The first kappa shape index (κ1) is 16.0. The largest absolute Gasteiger partial charge is 0.312 e. The summed E-state index contributed by atoms with van der Waals surface area (Å²) < 4.78 is 0. The van der Waals surface area contributed by atoms with Crippen LogP contribution >= 0.6 is 0 Å². The van der Waals surface area contributed by atoms with Crippen molar-refractivity contribution in [2.24, 2.45) is 0 Å². The lowest BCUT2D eigenvalue weighted by Gasteiger charge is -2.24. The number of hydrogen-bond acceptors (Lipinski definition) is 2. The zero-order chi connectivity index (χ0) is 13.4. The summed E-state index contributed by atoms with van der Waals surface area (Å²) in [5.41, 5.74) is 0.280. The van der Waals surface area contributed by atoms with E-state index in [-0.39, 0.29) is 5.54 Å². The van der Waals surface area contributed by atoms with Gasteiger partial charge in [0.1, 0.15) is 0 Å². The molecule has 0 heterocycles. The zero-order valence-electron chi connectivity index (χ0n) is 13.1. The van der Waals surface area contributed by atoms with Gasteiger partial charge in [-0.25, -0.2) is 0 Å². The van der Waals surface area contributed by atoms with Gasteiger partial charge >= 0.3 is 0 Å². The Morgan fingerprint density at radius 3 is 2.22 bits per heavy atom. The van der Waals surface area contributed by atoms with Crippen LogP contribution in [0.25, 0.3) is 0 Å². The fourth-order valence-corrected chi connectivity index (χ4v) is 2.83. The highest BCUT2D eigenvalue weighted by molar-refractivity contribution is 4.75. The summed E-state index contributed by atoms with van der Waals surface area (Å²) >= 11 is 0. The Kier molecular flexibility index (Phi) is 7.25. The first-order valence-corrected chi connectivity index (χ1v) is 7.94. The predicted molar refractivity (Wildman–Crippen MR) is 81.1 cm³/mol. The van der Waals surface area contributed by atoms with E-state index in [0.717, 1.165) is 6.04 Å². The van der Waals surface area contributed by atoms with Crippen molar-refractivity contribution in [2.45, 2.75) is 83.7 Å². The fourth-order valence-electron chi connectivity index (χ4n) is 2.83. The Balaban J connectivity index is 1.89. The molecule has 0 aromatic rings. The molecule has 0 atom stereocenters. The molecule has 0 saturated heterocycles. The van der Waals surface area contributed by atoms with Gasteiger partial charge in [0, 0.05) is 11.6 Å².